The SMILES string of the molecule is O=C(O)c1ccccc1-c1cncc(F)c1. The fraction of sp³-hybridized carbons (Fsp3) is 0. The van der Waals surface area contributed by atoms with Gasteiger partial charge < -0.3 is 5.11 Å². The lowest BCUT2D eigenvalue weighted by Gasteiger charge is -2.05. The molecule has 0 spiro atoms. The van der Waals surface area contributed by atoms with Gasteiger partial charge in [0.25, 0.3) is 0 Å². The van der Waals surface area contributed by atoms with Gasteiger partial charge in [-0.1, -0.05) is 18.2 Å². The largest absolute Gasteiger partial charge is 0.478 e. The maximum atomic E-state index is 13.0. The molecule has 0 bridgehead atoms. The molecule has 4 heteroatoms. The van der Waals surface area contributed by atoms with E-state index < -0.39 is 11.8 Å². The van der Waals surface area contributed by atoms with Crippen molar-refractivity contribution in [1.29, 1.82) is 0 Å². The van der Waals surface area contributed by atoms with Gasteiger partial charge in [0.1, 0.15) is 5.82 Å². The van der Waals surface area contributed by atoms with E-state index in [0.717, 1.165) is 6.20 Å². The fourth-order valence-electron chi connectivity index (χ4n) is 1.48. The first-order chi connectivity index (χ1) is 7.68. The average molecular weight is 217 g/mol. The quantitative estimate of drug-likeness (QED) is 0.841. The minimum atomic E-state index is -1.04. The van der Waals surface area contributed by atoms with E-state index in [1.54, 1.807) is 18.2 Å². The van der Waals surface area contributed by atoms with Crippen LogP contribution in [0.5, 0.6) is 0 Å². The molecule has 0 saturated carbocycles. The Hall–Kier alpha value is -2.23. The van der Waals surface area contributed by atoms with Crippen molar-refractivity contribution in [2.45, 2.75) is 0 Å². The lowest BCUT2D eigenvalue weighted by Crippen LogP contribution is -1.99. The number of carbonyl (C=O) groups is 1. The molecule has 0 fully saturated rings. The number of aromatic carboxylic acids is 1. The van der Waals surface area contributed by atoms with Crippen molar-refractivity contribution in [3.63, 3.8) is 0 Å². The second-order valence-corrected chi connectivity index (χ2v) is 3.24. The molecule has 16 heavy (non-hydrogen) atoms. The summed E-state index contributed by atoms with van der Waals surface area (Å²) in [6, 6.07) is 7.68. The van der Waals surface area contributed by atoms with Crippen LogP contribution in [0.2, 0.25) is 0 Å². The van der Waals surface area contributed by atoms with Gasteiger partial charge in [-0.2, -0.15) is 0 Å². The van der Waals surface area contributed by atoms with Gasteiger partial charge >= 0.3 is 5.97 Å². The maximum Gasteiger partial charge on any atom is 0.336 e. The van der Waals surface area contributed by atoms with Crippen LogP contribution in [0.15, 0.2) is 42.7 Å². The fourth-order valence-corrected chi connectivity index (χ4v) is 1.48. The second kappa shape index (κ2) is 4.10. The van der Waals surface area contributed by atoms with Crippen LogP contribution < -0.4 is 0 Å². The molecule has 0 amide bonds. The number of hydrogen-bond donors (Lipinski definition) is 1. The molecule has 0 aliphatic heterocycles. The Bertz CT molecular complexity index is 540. The molecule has 0 aliphatic carbocycles. The van der Waals surface area contributed by atoms with Gasteiger partial charge in [-0.25, -0.2) is 9.18 Å². The predicted octanol–water partition coefficient (Wildman–Crippen LogP) is 2.59. The summed E-state index contributed by atoms with van der Waals surface area (Å²) in [5.41, 5.74) is 1.05. The van der Waals surface area contributed by atoms with Crippen LogP contribution in [0.25, 0.3) is 11.1 Å². The smallest absolute Gasteiger partial charge is 0.336 e. The Kier molecular flexibility index (Phi) is 2.64. The topological polar surface area (TPSA) is 50.2 Å². The minimum absolute atomic E-state index is 0.134. The Morgan fingerprint density at radius 1 is 1.25 bits per heavy atom. The highest BCUT2D eigenvalue weighted by atomic mass is 19.1. The summed E-state index contributed by atoms with van der Waals surface area (Å²) in [4.78, 5) is 14.7. The summed E-state index contributed by atoms with van der Waals surface area (Å²) in [6.07, 6.45) is 2.51. The lowest BCUT2D eigenvalue weighted by atomic mass is 10.0. The van der Waals surface area contributed by atoms with Gasteiger partial charge in [-0.15, -0.1) is 0 Å². The van der Waals surface area contributed by atoms with E-state index in [1.807, 2.05) is 0 Å². The van der Waals surface area contributed by atoms with E-state index in [2.05, 4.69) is 4.98 Å². The number of halogens is 1. The Balaban J connectivity index is 2.60. The number of benzene rings is 1. The maximum absolute atomic E-state index is 13.0. The van der Waals surface area contributed by atoms with Crippen LogP contribution in [-0.2, 0) is 0 Å². The van der Waals surface area contributed by atoms with Crippen LogP contribution in [0, 0.1) is 5.82 Å². The molecule has 80 valence electrons. The van der Waals surface area contributed by atoms with Crippen molar-refractivity contribution < 1.29 is 14.3 Å². The first-order valence-corrected chi connectivity index (χ1v) is 4.62. The highest BCUT2D eigenvalue weighted by Crippen LogP contribution is 2.23. The highest BCUT2D eigenvalue weighted by Gasteiger charge is 2.11. The summed E-state index contributed by atoms with van der Waals surface area (Å²) in [7, 11) is 0. The van der Waals surface area contributed by atoms with Crippen molar-refractivity contribution in [3.05, 3.63) is 54.1 Å². The zero-order chi connectivity index (χ0) is 11.5. The van der Waals surface area contributed by atoms with Crippen LogP contribution >= 0.6 is 0 Å². The molecule has 0 aliphatic rings. The van der Waals surface area contributed by atoms with Gasteiger partial charge in [-0.3, -0.25) is 4.98 Å². The van der Waals surface area contributed by atoms with Crippen molar-refractivity contribution in [2.75, 3.05) is 0 Å². The Morgan fingerprint density at radius 2 is 2.00 bits per heavy atom. The number of hydrogen-bond acceptors (Lipinski definition) is 2. The molecular formula is C12H8FNO2. The Morgan fingerprint density at radius 3 is 2.69 bits per heavy atom. The molecule has 1 aromatic heterocycles. The molecule has 0 unspecified atom stereocenters. The normalized spacial score (nSPS) is 10.1. The van der Waals surface area contributed by atoms with Crippen LogP contribution in [-0.4, -0.2) is 16.1 Å². The summed E-state index contributed by atoms with van der Waals surface area (Å²) >= 11 is 0. The number of nitrogens with zero attached hydrogens (tertiary/aromatic N) is 1. The zero-order valence-electron chi connectivity index (χ0n) is 8.22. The number of rotatable bonds is 2. The van der Waals surface area contributed by atoms with Gasteiger partial charge in [0.15, 0.2) is 0 Å². The summed E-state index contributed by atoms with van der Waals surface area (Å²) in [5.74, 6) is -1.53. The van der Waals surface area contributed by atoms with E-state index in [1.165, 1.54) is 18.3 Å². The first-order valence-electron chi connectivity index (χ1n) is 4.62. The third-order valence-electron chi connectivity index (χ3n) is 2.17. The van der Waals surface area contributed by atoms with Gasteiger partial charge in [0.2, 0.25) is 0 Å². The molecule has 1 aromatic carbocycles. The highest BCUT2D eigenvalue weighted by molar-refractivity contribution is 5.95. The van der Waals surface area contributed by atoms with Crippen LogP contribution in [0.3, 0.4) is 0 Å². The molecule has 0 saturated heterocycles. The van der Waals surface area contributed by atoms with E-state index in [-0.39, 0.29) is 5.56 Å². The molecule has 0 atom stereocenters. The predicted molar refractivity (Wildman–Crippen MR) is 56.6 cm³/mol. The first kappa shape index (κ1) is 10.3. The number of carboxylic acids is 1. The molecule has 1 N–H and O–H groups in total. The summed E-state index contributed by atoms with van der Waals surface area (Å²) in [6.45, 7) is 0. The van der Waals surface area contributed by atoms with Crippen molar-refractivity contribution in [1.82, 2.24) is 4.98 Å². The molecule has 3 nitrogen and oxygen atoms in total. The standard InChI is InChI=1S/C12H8FNO2/c13-9-5-8(6-14-7-9)10-3-1-2-4-11(10)12(15)16/h1-7H,(H,15,16). The average Bonchev–Trinajstić information content (AvgIpc) is 2.29. The zero-order valence-corrected chi connectivity index (χ0v) is 8.22. The van der Waals surface area contributed by atoms with Crippen molar-refractivity contribution in [3.8, 4) is 11.1 Å². The van der Waals surface area contributed by atoms with Gasteiger partial charge in [0.05, 0.1) is 11.8 Å². The molecule has 2 aromatic rings. The molecule has 2 rings (SSSR count). The lowest BCUT2D eigenvalue weighted by molar-refractivity contribution is 0.0697. The molecule has 1 heterocycles. The van der Waals surface area contributed by atoms with Gasteiger partial charge in [-0.05, 0) is 17.7 Å². The van der Waals surface area contributed by atoms with E-state index in [0.29, 0.717) is 11.1 Å². The van der Waals surface area contributed by atoms with Gasteiger partial charge in [0, 0.05) is 11.8 Å². The number of carboxylic acid groups (broad SMARTS) is 1. The number of pyridine rings is 1. The molecular weight excluding hydrogens is 209 g/mol. The number of aromatic nitrogens is 1. The third kappa shape index (κ3) is 1.91. The Labute approximate surface area is 91.2 Å². The van der Waals surface area contributed by atoms with E-state index >= 15 is 0 Å². The summed E-state index contributed by atoms with van der Waals surface area (Å²) in [5, 5.41) is 8.98. The van der Waals surface area contributed by atoms with Crippen molar-refractivity contribution >= 4 is 5.97 Å². The third-order valence-corrected chi connectivity index (χ3v) is 2.17. The van der Waals surface area contributed by atoms with E-state index in [9.17, 15) is 9.18 Å². The van der Waals surface area contributed by atoms with Crippen LogP contribution in [0.1, 0.15) is 10.4 Å². The summed E-state index contributed by atoms with van der Waals surface area (Å²) < 4.78 is 13.0. The molecule has 0 radical (unpaired) electrons. The van der Waals surface area contributed by atoms with Crippen molar-refractivity contribution in [2.24, 2.45) is 0 Å². The second-order valence-electron chi connectivity index (χ2n) is 3.24. The minimum Gasteiger partial charge on any atom is -0.478 e. The van der Waals surface area contributed by atoms with Crippen LogP contribution in [0.4, 0.5) is 4.39 Å². The monoisotopic (exact) mass is 217 g/mol. The van der Waals surface area contributed by atoms with E-state index in [4.69, 9.17) is 5.11 Å².